The van der Waals surface area contributed by atoms with Crippen LogP contribution in [0.4, 0.5) is 0 Å². The number of hydrogen-bond acceptors (Lipinski definition) is 4. The van der Waals surface area contributed by atoms with Gasteiger partial charge in [0.05, 0.1) is 6.61 Å². The summed E-state index contributed by atoms with van der Waals surface area (Å²) in [7, 11) is 0. The third kappa shape index (κ3) is 3.74. The van der Waals surface area contributed by atoms with Crippen LogP contribution in [-0.4, -0.2) is 28.3 Å². The summed E-state index contributed by atoms with van der Waals surface area (Å²) in [5.74, 6) is 0.736. The van der Waals surface area contributed by atoms with Crippen LogP contribution in [0.5, 0.6) is 0 Å². The second-order valence-corrected chi connectivity index (χ2v) is 6.14. The number of rotatable bonds is 5. The van der Waals surface area contributed by atoms with Crippen molar-refractivity contribution in [3.8, 4) is 0 Å². The maximum Gasteiger partial charge on any atom is 0.170 e. The number of nitrogens with one attached hydrogen (secondary N) is 1. The zero-order chi connectivity index (χ0) is 15.3. The van der Waals surface area contributed by atoms with Gasteiger partial charge in [-0.3, -0.25) is 0 Å². The van der Waals surface area contributed by atoms with Crippen LogP contribution in [0.3, 0.4) is 0 Å². The third-order valence-electron chi connectivity index (χ3n) is 4.45. The van der Waals surface area contributed by atoms with Gasteiger partial charge < -0.3 is 21.4 Å². The predicted molar refractivity (Wildman–Crippen MR) is 83.2 cm³/mol. The summed E-state index contributed by atoms with van der Waals surface area (Å²) in [5, 5.41) is 25.3. The first kappa shape index (κ1) is 15.8. The van der Waals surface area contributed by atoms with E-state index in [0.29, 0.717) is 12.5 Å². The second-order valence-electron chi connectivity index (χ2n) is 6.14. The van der Waals surface area contributed by atoms with Gasteiger partial charge in [-0.05, 0) is 24.3 Å². The van der Waals surface area contributed by atoms with Gasteiger partial charge in [-0.2, -0.15) is 0 Å². The zero-order valence-electron chi connectivity index (χ0n) is 12.5. The molecule has 5 heteroatoms. The van der Waals surface area contributed by atoms with Crippen molar-refractivity contribution in [3.05, 3.63) is 35.4 Å². The summed E-state index contributed by atoms with van der Waals surface area (Å²) in [5.41, 5.74) is 7.20. The number of nitrogens with zero attached hydrogens (tertiary/aromatic N) is 1. The van der Waals surface area contributed by atoms with E-state index < -0.39 is 0 Å². The van der Waals surface area contributed by atoms with Crippen molar-refractivity contribution in [2.75, 3.05) is 6.61 Å². The molecule has 0 radical (unpaired) electrons. The molecule has 1 aromatic carbocycles. The molecule has 2 unspecified atom stereocenters. The highest BCUT2D eigenvalue weighted by atomic mass is 16.4. The normalized spacial score (nSPS) is 26.8. The largest absolute Gasteiger partial charge is 0.409 e. The number of hydrogen-bond donors (Lipinski definition) is 4. The number of amidine groups is 1. The highest BCUT2D eigenvalue weighted by Crippen LogP contribution is 2.32. The molecule has 2 rings (SSSR count). The van der Waals surface area contributed by atoms with Crippen LogP contribution in [0.1, 0.15) is 43.7 Å². The van der Waals surface area contributed by atoms with Crippen LogP contribution in [0, 0.1) is 5.92 Å². The lowest BCUT2D eigenvalue weighted by molar-refractivity contribution is 0.0982. The summed E-state index contributed by atoms with van der Waals surface area (Å²) in [6.07, 6.45) is 4.33. The van der Waals surface area contributed by atoms with Gasteiger partial charge >= 0.3 is 0 Å². The summed E-state index contributed by atoms with van der Waals surface area (Å²) >= 11 is 0. The Labute approximate surface area is 125 Å². The fraction of sp³-hybridized carbons (Fsp3) is 0.562. The molecule has 21 heavy (non-hydrogen) atoms. The van der Waals surface area contributed by atoms with Gasteiger partial charge in [0.25, 0.3) is 0 Å². The molecule has 0 spiro atoms. The van der Waals surface area contributed by atoms with Crippen LogP contribution in [0.15, 0.2) is 29.4 Å². The number of oxime groups is 1. The van der Waals surface area contributed by atoms with E-state index in [1.54, 1.807) is 0 Å². The Balaban J connectivity index is 2.12. The topological polar surface area (TPSA) is 90.9 Å². The number of nitrogens with two attached hydrogens (primary N) is 1. The van der Waals surface area contributed by atoms with E-state index in [-0.39, 0.29) is 18.0 Å². The van der Waals surface area contributed by atoms with E-state index in [2.05, 4.69) is 17.4 Å². The van der Waals surface area contributed by atoms with Gasteiger partial charge in [-0.25, -0.2) is 0 Å². The number of benzene rings is 1. The average Bonchev–Trinajstić information content (AvgIpc) is 2.52. The molecule has 1 aliphatic rings. The molecular formula is C16H25N3O2. The molecule has 0 aliphatic heterocycles. The highest BCUT2D eigenvalue weighted by molar-refractivity contribution is 5.98. The first-order valence-corrected chi connectivity index (χ1v) is 7.52. The van der Waals surface area contributed by atoms with Crippen molar-refractivity contribution in [2.24, 2.45) is 16.8 Å². The fourth-order valence-electron chi connectivity index (χ4n) is 3.28. The molecule has 0 amide bonds. The summed E-state index contributed by atoms with van der Waals surface area (Å²) in [4.78, 5) is 0. The predicted octanol–water partition coefficient (Wildman–Crippen LogP) is 1.81. The minimum absolute atomic E-state index is 0.113. The van der Waals surface area contributed by atoms with Crippen LogP contribution in [0.2, 0.25) is 0 Å². The number of aliphatic hydroxyl groups is 1. The second kappa shape index (κ2) is 6.91. The maximum atomic E-state index is 9.81. The summed E-state index contributed by atoms with van der Waals surface area (Å²) < 4.78 is 0. The smallest absolute Gasteiger partial charge is 0.170 e. The van der Waals surface area contributed by atoms with Crippen LogP contribution < -0.4 is 11.1 Å². The molecule has 1 saturated carbocycles. The minimum atomic E-state index is -0.212. The van der Waals surface area contributed by atoms with Gasteiger partial charge in [0, 0.05) is 17.6 Å². The molecule has 0 aromatic heterocycles. The molecule has 5 N–H and O–H groups in total. The molecule has 0 bridgehead atoms. The van der Waals surface area contributed by atoms with Gasteiger partial charge in [-0.1, -0.05) is 49.2 Å². The van der Waals surface area contributed by atoms with E-state index in [1.807, 2.05) is 24.3 Å². The Kier molecular flexibility index (Phi) is 5.20. The van der Waals surface area contributed by atoms with Crippen molar-refractivity contribution in [1.82, 2.24) is 5.32 Å². The Morgan fingerprint density at radius 2 is 2.24 bits per heavy atom. The SMILES string of the molecule is CC1CCCC(CO)(NCc2ccccc2C(N)=NO)C1. The lowest BCUT2D eigenvalue weighted by Gasteiger charge is -2.39. The van der Waals surface area contributed by atoms with Gasteiger partial charge in [-0.15, -0.1) is 0 Å². The van der Waals surface area contributed by atoms with E-state index >= 15 is 0 Å². The standard InChI is InChI=1S/C16H25N3O2/c1-12-5-4-8-16(9-12,11-20)18-10-13-6-2-3-7-14(13)15(17)19-21/h2-3,6-7,12,18,20-21H,4-5,8-11H2,1H3,(H2,17,19). The summed E-state index contributed by atoms with van der Waals surface area (Å²) in [6.45, 7) is 2.97. The lowest BCUT2D eigenvalue weighted by atomic mass is 9.76. The first-order chi connectivity index (χ1) is 10.1. The molecule has 1 fully saturated rings. The third-order valence-corrected chi connectivity index (χ3v) is 4.45. The van der Waals surface area contributed by atoms with E-state index in [4.69, 9.17) is 10.9 Å². The molecule has 0 heterocycles. The van der Waals surface area contributed by atoms with Crippen molar-refractivity contribution in [1.29, 1.82) is 0 Å². The molecule has 5 nitrogen and oxygen atoms in total. The zero-order valence-corrected chi connectivity index (χ0v) is 12.5. The molecule has 2 atom stereocenters. The van der Waals surface area contributed by atoms with E-state index in [9.17, 15) is 5.11 Å². The summed E-state index contributed by atoms with van der Waals surface area (Å²) in [6, 6.07) is 7.58. The van der Waals surface area contributed by atoms with Gasteiger partial charge in [0.1, 0.15) is 0 Å². The Morgan fingerprint density at radius 1 is 1.48 bits per heavy atom. The van der Waals surface area contributed by atoms with Crippen LogP contribution in [-0.2, 0) is 6.54 Å². The van der Waals surface area contributed by atoms with Gasteiger partial charge in [0.2, 0.25) is 0 Å². The van der Waals surface area contributed by atoms with Crippen molar-refractivity contribution < 1.29 is 10.3 Å². The van der Waals surface area contributed by atoms with E-state index in [1.165, 1.54) is 6.42 Å². The van der Waals surface area contributed by atoms with Crippen LogP contribution >= 0.6 is 0 Å². The van der Waals surface area contributed by atoms with Crippen molar-refractivity contribution >= 4 is 5.84 Å². The highest BCUT2D eigenvalue weighted by Gasteiger charge is 2.33. The van der Waals surface area contributed by atoms with Crippen LogP contribution in [0.25, 0.3) is 0 Å². The molecule has 1 aliphatic carbocycles. The molecular weight excluding hydrogens is 266 g/mol. The van der Waals surface area contributed by atoms with Gasteiger partial charge in [0.15, 0.2) is 5.84 Å². The Morgan fingerprint density at radius 3 is 2.90 bits per heavy atom. The van der Waals surface area contributed by atoms with E-state index in [0.717, 1.165) is 30.4 Å². The first-order valence-electron chi connectivity index (χ1n) is 7.52. The maximum absolute atomic E-state index is 9.81. The lowest BCUT2D eigenvalue weighted by Crippen LogP contribution is -2.51. The average molecular weight is 291 g/mol. The quantitative estimate of drug-likeness (QED) is 0.288. The Hall–Kier alpha value is -1.59. The molecule has 116 valence electrons. The van der Waals surface area contributed by atoms with Crippen molar-refractivity contribution in [2.45, 2.75) is 44.7 Å². The Bertz CT molecular complexity index is 504. The fourth-order valence-corrected chi connectivity index (χ4v) is 3.28. The van der Waals surface area contributed by atoms with Crippen molar-refractivity contribution in [3.63, 3.8) is 0 Å². The monoisotopic (exact) mass is 291 g/mol. The number of aliphatic hydroxyl groups excluding tert-OH is 1. The molecule has 1 aromatic rings. The minimum Gasteiger partial charge on any atom is -0.409 e. The molecule has 0 saturated heterocycles.